The molecule has 3 rings (SSSR count). The predicted octanol–water partition coefficient (Wildman–Crippen LogP) is 4.48. The van der Waals surface area contributed by atoms with E-state index < -0.39 is 0 Å². The molecular formula is C20H18ClN3O2S. The third kappa shape index (κ3) is 4.93. The van der Waals surface area contributed by atoms with Crippen molar-refractivity contribution in [3.8, 4) is 10.6 Å². The topological polar surface area (TPSA) is 62.3 Å². The minimum Gasteiger partial charge on any atom is -0.331 e. The zero-order chi connectivity index (χ0) is 19.4. The van der Waals surface area contributed by atoms with Gasteiger partial charge in [0.1, 0.15) is 10.7 Å². The van der Waals surface area contributed by atoms with Gasteiger partial charge >= 0.3 is 0 Å². The van der Waals surface area contributed by atoms with Crippen molar-refractivity contribution in [3.05, 3.63) is 70.2 Å². The first-order chi connectivity index (χ1) is 12.9. The highest BCUT2D eigenvalue weighted by Gasteiger charge is 2.18. The number of carbonyl (C=O) groups excluding carboxylic acids is 2. The molecule has 0 radical (unpaired) electrons. The molecule has 0 atom stereocenters. The molecule has 27 heavy (non-hydrogen) atoms. The minimum atomic E-state index is -0.304. The zero-order valence-electron chi connectivity index (χ0n) is 14.9. The van der Waals surface area contributed by atoms with E-state index in [0.717, 1.165) is 16.1 Å². The van der Waals surface area contributed by atoms with E-state index >= 15 is 0 Å². The van der Waals surface area contributed by atoms with E-state index in [4.69, 9.17) is 11.6 Å². The monoisotopic (exact) mass is 399 g/mol. The molecule has 138 valence electrons. The van der Waals surface area contributed by atoms with Gasteiger partial charge in [0.15, 0.2) is 0 Å². The first-order valence-corrected chi connectivity index (χ1v) is 9.51. The summed E-state index contributed by atoms with van der Waals surface area (Å²) in [5.74, 6) is -0.604. The second kappa shape index (κ2) is 8.33. The lowest BCUT2D eigenvalue weighted by Gasteiger charge is -2.15. The van der Waals surface area contributed by atoms with Crippen LogP contribution < -0.4 is 5.32 Å². The van der Waals surface area contributed by atoms with E-state index in [0.29, 0.717) is 16.4 Å². The Morgan fingerprint density at radius 2 is 1.93 bits per heavy atom. The van der Waals surface area contributed by atoms with Crippen LogP contribution in [-0.4, -0.2) is 35.3 Å². The first kappa shape index (κ1) is 19.1. The van der Waals surface area contributed by atoms with Gasteiger partial charge in [-0.3, -0.25) is 9.59 Å². The third-order valence-corrected chi connectivity index (χ3v) is 4.98. The Kier molecular flexibility index (Phi) is 5.88. The number of carbonyl (C=O) groups is 2. The molecule has 0 saturated heterocycles. The molecule has 0 saturated carbocycles. The van der Waals surface area contributed by atoms with Crippen molar-refractivity contribution in [2.45, 2.75) is 6.92 Å². The number of thiazole rings is 1. The second-order valence-electron chi connectivity index (χ2n) is 6.12. The number of aromatic nitrogens is 1. The highest BCUT2D eigenvalue weighted by molar-refractivity contribution is 7.13. The Morgan fingerprint density at radius 1 is 1.19 bits per heavy atom. The molecule has 2 aromatic carbocycles. The Labute approximate surface area is 166 Å². The average molecular weight is 400 g/mol. The van der Waals surface area contributed by atoms with Gasteiger partial charge in [-0.25, -0.2) is 4.98 Å². The van der Waals surface area contributed by atoms with E-state index in [1.165, 1.54) is 16.2 Å². The molecule has 0 unspecified atom stereocenters. The zero-order valence-corrected chi connectivity index (χ0v) is 16.5. The standard InChI is InChI=1S/C20H18ClN3O2S/c1-13-6-8-14(9-7-13)19-23-17(12-27-19)20(26)24(2)11-18(25)22-16-5-3-4-15(21)10-16/h3-10,12H,11H2,1-2H3,(H,22,25). The van der Waals surface area contributed by atoms with E-state index in [1.54, 1.807) is 36.7 Å². The molecule has 5 nitrogen and oxygen atoms in total. The van der Waals surface area contributed by atoms with Crippen molar-refractivity contribution >= 4 is 40.4 Å². The summed E-state index contributed by atoms with van der Waals surface area (Å²) in [7, 11) is 1.57. The summed E-state index contributed by atoms with van der Waals surface area (Å²) in [6.45, 7) is 1.94. The van der Waals surface area contributed by atoms with Crippen molar-refractivity contribution in [2.75, 3.05) is 18.9 Å². The van der Waals surface area contributed by atoms with Gasteiger partial charge in [0.25, 0.3) is 5.91 Å². The fourth-order valence-electron chi connectivity index (χ4n) is 2.45. The van der Waals surface area contributed by atoms with Crippen LogP contribution in [-0.2, 0) is 4.79 Å². The SMILES string of the molecule is Cc1ccc(-c2nc(C(=O)N(C)CC(=O)Nc3cccc(Cl)c3)cs2)cc1. The molecule has 3 aromatic rings. The van der Waals surface area contributed by atoms with Gasteiger partial charge in [0, 0.05) is 28.7 Å². The highest BCUT2D eigenvalue weighted by Crippen LogP contribution is 2.24. The summed E-state index contributed by atoms with van der Waals surface area (Å²) in [5.41, 5.74) is 3.04. The molecule has 2 amide bonds. The highest BCUT2D eigenvalue weighted by atomic mass is 35.5. The van der Waals surface area contributed by atoms with Crippen LogP contribution in [0.1, 0.15) is 16.1 Å². The van der Waals surface area contributed by atoms with E-state index in [2.05, 4.69) is 10.3 Å². The van der Waals surface area contributed by atoms with Crippen LogP contribution in [0.4, 0.5) is 5.69 Å². The van der Waals surface area contributed by atoms with Gasteiger partial charge in [-0.05, 0) is 25.1 Å². The van der Waals surface area contributed by atoms with Crippen LogP contribution in [0.25, 0.3) is 10.6 Å². The number of likely N-dealkylation sites (N-methyl/N-ethyl adjacent to an activating group) is 1. The van der Waals surface area contributed by atoms with Crippen LogP contribution in [0.5, 0.6) is 0 Å². The molecule has 0 aliphatic rings. The lowest BCUT2D eigenvalue weighted by atomic mass is 10.2. The summed E-state index contributed by atoms with van der Waals surface area (Å²) in [6.07, 6.45) is 0. The lowest BCUT2D eigenvalue weighted by molar-refractivity contribution is -0.116. The Bertz CT molecular complexity index is 969. The Morgan fingerprint density at radius 3 is 2.63 bits per heavy atom. The Balaban J connectivity index is 1.63. The van der Waals surface area contributed by atoms with Gasteiger partial charge in [0.05, 0.1) is 6.54 Å². The number of rotatable bonds is 5. The minimum absolute atomic E-state index is 0.0806. The number of hydrogen-bond acceptors (Lipinski definition) is 4. The smallest absolute Gasteiger partial charge is 0.273 e. The maximum absolute atomic E-state index is 12.6. The molecule has 7 heteroatoms. The molecule has 0 aliphatic heterocycles. The largest absolute Gasteiger partial charge is 0.331 e. The number of anilines is 1. The molecule has 0 bridgehead atoms. The summed E-state index contributed by atoms with van der Waals surface area (Å²) < 4.78 is 0. The van der Waals surface area contributed by atoms with Gasteiger partial charge in [-0.2, -0.15) is 0 Å². The molecule has 0 spiro atoms. The van der Waals surface area contributed by atoms with Crippen LogP contribution in [0.15, 0.2) is 53.9 Å². The maximum atomic E-state index is 12.6. The van der Waals surface area contributed by atoms with E-state index in [1.807, 2.05) is 31.2 Å². The van der Waals surface area contributed by atoms with Gasteiger partial charge < -0.3 is 10.2 Å². The van der Waals surface area contributed by atoms with Crippen molar-refractivity contribution in [1.82, 2.24) is 9.88 Å². The van der Waals surface area contributed by atoms with Crippen molar-refractivity contribution < 1.29 is 9.59 Å². The number of amides is 2. The van der Waals surface area contributed by atoms with Crippen LogP contribution >= 0.6 is 22.9 Å². The van der Waals surface area contributed by atoms with Gasteiger partial charge in [0.2, 0.25) is 5.91 Å². The normalized spacial score (nSPS) is 10.5. The molecule has 1 N–H and O–H groups in total. The van der Waals surface area contributed by atoms with E-state index in [9.17, 15) is 9.59 Å². The molecule has 0 fully saturated rings. The number of nitrogens with zero attached hydrogens (tertiary/aromatic N) is 2. The summed E-state index contributed by atoms with van der Waals surface area (Å²) in [6, 6.07) is 14.8. The molecule has 0 aliphatic carbocycles. The summed E-state index contributed by atoms with van der Waals surface area (Å²) >= 11 is 7.31. The fourth-order valence-corrected chi connectivity index (χ4v) is 3.44. The van der Waals surface area contributed by atoms with Crippen molar-refractivity contribution in [1.29, 1.82) is 0 Å². The second-order valence-corrected chi connectivity index (χ2v) is 7.42. The average Bonchev–Trinajstić information content (AvgIpc) is 3.11. The van der Waals surface area contributed by atoms with Gasteiger partial charge in [-0.1, -0.05) is 47.5 Å². The van der Waals surface area contributed by atoms with Crippen LogP contribution in [0.3, 0.4) is 0 Å². The molecular weight excluding hydrogens is 382 g/mol. The van der Waals surface area contributed by atoms with Crippen molar-refractivity contribution in [2.24, 2.45) is 0 Å². The molecule has 1 aromatic heterocycles. The number of halogens is 1. The number of benzene rings is 2. The predicted molar refractivity (Wildman–Crippen MR) is 109 cm³/mol. The fraction of sp³-hybridized carbons (Fsp3) is 0.150. The lowest BCUT2D eigenvalue weighted by Crippen LogP contribution is -2.35. The van der Waals surface area contributed by atoms with Crippen LogP contribution in [0.2, 0.25) is 5.02 Å². The first-order valence-electron chi connectivity index (χ1n) is 8.26. The number of nitrogens with one attached hydrogen (secondary N) is 1. The Hall–Kier alpha value is -2.70. The maximum Gasteiger partial charge on any atom is 0.273 e. The van der Waals surface area contributed by atoms with Crippen molar-refractivity contribution in [3.63, 3.8) is 0 Å². The molecule has 1 heterocycles. The summed E-state index contributed by atoms with van der Waals surface area (Å²) in [4.78, 5) is 30.5. The summed E-state index contributed by atoms with van der Waals surface area (Å²) in [5, 5.41) is 5.74. The number of hydrogen-bond donors (Lipinski definition) is 1. The van der Waals surface area contributed by atoms with Crippen LogP contribution in [0, 0.1) is 6.92 Å². The number of aryl methyl sites for hydroxylation is 1. The van der Waals surface area contributed by atoms with Gasteiger partial charge in [-0.15, -0.1) is 11.3 Å². The van der Waals surface area contributed by atoms with E-state index in [-0.39, 0.29) is 18.4 Å². The third-order valence-electron chi connectivity index (χ3n) is 3.86. The quantitative estimate of drug-likeness (QED) is 0.687.